The van der Waals surface area contributed by atoms with E-state index in [2.05, 4.69) is 4.99 Å². The molecule has 2 rings (SSSR count). The normalized spacial score (nSPS) is 16.2. The summed E-state index contributed by atoms with van der Waals surface area (Å²) >= 11 is 0. The number of hydrogen-bond donors (Lipinski definition) is 1. The molecule has 1 aliphatic heterocycles. The van der Waals surface area contributed by atoms with Crippen molar-refractivity contribution < 1.29 is 27.6 Å². The molecule has 1 aromatic rings. The van der Waals surface area contributed by atoms with Gasteiger partial charge in [0.2, 0.25) is 5.50 Å². The van der Waals surface area contributed by atoms with Gasteiger partial charge < -0.3 is 14.4 Å². The number of carbonyl (C=O) groups is 1. The predicted molar refractivity (Wildman–Crippen MR) is 113 cm³/mol. The number of hydrazine groups is 1. The first-order valence-corrected chi connectivity index (χ1v) is 11.1. The molecule has 0 fully saturated rings. The van der Waals surface area contributed by atoms with E-state index in [-0.39, 0.29) is 12.4 Å². The third-order valence-electron chi connectivity index (χ3n) is 4.18. The SMILES string of the molecule is CCOC(=O)CC1=NC(S(C)(=O)=O)N(N)C(Oc2ccc(C#N)c(N(C)C)c2)=C1[N+](=O)[O-]. The lowest BCUT2D eigenvalue weighted by atomic mass is 10.1. The minimum Gasteiger partial charge on any atom is -0.466 e. The summed E-state index contributed by atoms with van der Waals surface area (Å²) in [6, 6.07) is 6.25. The molecule has 13 nitrogen and oxygen atoms in total. The van der Waals surface area contributed by atoms with Crippen molar-refractivity contribution in [1.82, 2.24) is 5.01 Å². The van der Waals surface area contributed by atoms with Crippen molar-refractivity contribution in [2.45, 2.75) is 18.8 Å². The van der Waals surface area contributed by atoms with Crippen molar-refractivity contribution in [2.75, 3.05) is 31.9 Å². The smallest absolute Gasteiger partial charge is 0.352 e. The van der Waals surface area contributed by atoms with Crippen LogP contribution in [-0.4, -0.2) is 62.5 Å². The Labute approximate surface area is 184 Å². The van der Waals surface area contributed by atoms with E-state index in [0.717, 1.165) is 6.26 Å². The molecule has 0 aliphatic carbocycles. The molecule has 1 heterocycles. The lowest BCUT2D eigenvalue weighted by Crippen LogP contribution is -2.50. The summed E-state index contributed by atoms with van der Waals surface area (Å²) in [4.78, 5) is 28.4. The van der Waals surface area contributed by atoms with Crippen molar-refractivity contribution >= 4 is 27.2 Å². The van der Waals surface area contributed by atoms with Crippen LogP contribution in [0, 0.1) is 21.4 Å². The van der Waals surface area contributed by atoms with Crippen molar-refractivity contribution in [2.24, 2.45) is 10.8 Å². The third-order valence-corrected chi connectivity index (χ3v) is 5.28. The van der Waals surface area contributed by atoms with Crippen LogP contribution >= 0.6 is 0 Å². The fraction of sp³-hybridized carbons (Fsp3) is 0.389. The first-order valence-electron chi connectivity index (χ1n) is 9.14. The lowest BCUT2D eigenvalue weighted by Gasteiger charge is -2.30. The van der Waals surface area contributed by atoms with Gasteiger partial charge >= 0.3 is 11.7 Å². The second kappa shape index (κ2) is 9.62. The summed E-state index contributed by atoms with van der Waals surface area (Å²) in [5.74, 6) is 4.45. The molecule has 1 atom stereocenters. The number of aliphatic imine (C=N–C) groups is 1. The topological polar surface area (TPSA) is 181 Å². The third kappa shape index (κ3) is 5.31. The van der Waals surface area contributed by atoms with Gasteiger partial charge in [-0.05, 0) is 19.1 Å². The van der Waals surface area contributed by atoms with E-state index in [9.17, 15) is 28.6 Å². The highest BCUT2D eigenvalue weighted by molar-refractivity contribution is 7.91. The van der Waals surface area contributed by atoms with Crippen LogP contribution in [-0.2, 0) is 19.4 Å². The zero-order valence-corrected chi connectivity index (χ0v) is 18.6. The summed E-state index contributed by atoms with van der Waals surface area (Å²) in [5, 5.41) is 21.6. The van der Waals surface area contributed by atoms with Crippen LogP contribution < -0.4 is 15.5 Å². The Morgan fingerprint density at radius 2 is 2.09 bits per heavy atom. The van der Waals surface area contributed by atoms with E-state index in [1.54, 1.807) is 25.9 Å². The molecule has 172 valence electrons. The quantitative estimate of drug-likeness (QED) is 0.242. The number of nitrogens with two attached hydrogens (primary N) is 1. The Morgan fingerprint density at radius 3 is 2.59 bits per heavy atom. The number of nitriles is 1. The number of hydrogen-bond acceptors (Lipinski definition) is 12. The number of rotatable bonds is 8. The number of nitro groups is 1. The maximum atomic E-state index is 12.2. The molecule has 0 bridgehead atoms. The molecular weight excluding hydrogens is 444 g/mol. The molecule has 14 heteroatoms. The van der Waals surface area contributed by atoms with Gasteiger partial charge in [-0.2, -0.15) is 5.26 Å². The van der Waals surface area contributed by atoms with E-state index >= 15 is 0 Å². The number of ether oxygens (including phenoxy) is 2. The van der Waals surface area contributed by atoms with E-state index in [1.165, 1.54) is 18.2 Å². The van der Waals surface area contributed by atoms with E-state index < -0.39 is 49.9 Å². The molecule has 0 radical (unpaired) electrons. The van der Waals surface area contributed by atoms with Gasteiger partial charge in [-0.1, -0.05) is 0 Å². The largest absolute Gasteiger partial charge is 0.466 e. The van der Waals surface area contributed by atoms with Gasteiger partial charge in [0.15, 0.2) is 9.84 Å². The molecule has 1 aromatic carbocycles. The molecule has 2 N–H and O–H groups in total. The molecule has 0 saturated heterocycles. The molecular formula is C18H22N6O7S. The van der Waals surface area contributed by atoms with Crippen LogP contribution in [0.3, 0.4) is 0 Å². The van der Waals surface area contributed by atoms with Crippen LogP contribution in [0.1, 0.15) is 18.9 Å². The minimum atomic E-state index is -3.99. The molecule has 1 unspecified atom stereocenters. The fourth-order valence-corrected chi connectivity index (χ4v) is 3.65. The van der Waals surface area contributed by atoms with Crippen LogP contribution in [0.15, 0.2) is 34.8 Å². The molecule has 0 spiro atoms. The Bertz CT molecular complexity index is 1140. The Hall–Kier alpha value is -3.70. The van der Waals surface area contributed by atoms with Gasteiger partial charge in [0.05, 0.1) is 29.2 Å². The monoisotopic (exact) mass is 466 g/mol. The van der Waals surface area contributed by atoms with E-state index in [1.807, 2.05) is 6.07 Å². The minimum absolute atomic E-state index is 0.0179. The second-order valence-corrected chi connectivity index (χ2v) is 8.90. The summed E-state index contributed by atoms with van der Waals surface area (Å²) in [6.45, 7) is 1.57. The van der Waals surface area contributed by atoms with Gasteiger partial charge in [0, 0.05) is 26.4 Å². The van der Waals surface area contributed by atoms with Crippen LogP contribution in [0.4, 0.5) is 5.69 Å². The lowest BCUT2D eigenvalue weighted by molar-refractivity contribution is -0.419. The first-order chi connectivity index (χ1) is 14.9. The van der Waals surface area contributed by atoms with Gasteiger partial charge in [-0.25, -0.2) is 24.3 Å². The number of nitrogens with zero attached hydrogens (tertiary/aromatic N) is 5. The van der Waals surface area contributed by atoms with Gasteiger partial charge in [-0.3, -0.25) is 14.9 Å². The summed E-state index contributed by atoms with van der Waals surface area (Å²) < 4.78 is 34.9. The number of anilines is 1. The Balaban J connectivity index is 2.65. The van der Waals surface area contributed by atoms with Crippen molar-refractivity contribution in [3.05, 3.63) is 45.5 Å². The zero-order chi connectivity index (χ0) is 24.2. The summed E-state index contributed by atoms with van der Waals surface area (Å²) in [5.41, 5.74) is -2.24. The van der Waals surface area contributed by atoms with Gasteiger partial charge in [-0.15, -0.1) is 0 Å². The zero-order valence-electron chi connectivity index (χ0n) is 17.8. The molecule has 0 saturated carbocycles. The molecule has 32 heavy (non-hydrogen) atoms. The van der Waals surface area contributed by atoms with Crippen molar-refractivity contribution in [3.63, 3.8) is 0 Å². The van der Waals surface area contributed by atoms with Crippen LogP contribution in [0.5, 0.6) is 5.75 Å². The number of esters is 1. The first kappa shape index (κ1) is 24.6. The van der Waals surface area contributed by atoms with Gasteiger partial charge in [0.1, 0.15) is 17.5 Å². The number of sulfone groups is 1. The standard InChI is InChI=1S/C18H22N6O7S/c1-5-30-15(25)9-13-16(24(26)27)17(23(20)18(21-13)32(4,28)29)31-12-7-6-11(10-19)14(8-12)22(2)3/h6-8,18H,5,9,20H2,1-4H3. The predicted octanol–water partition coefficient (Wildman–Crippen LogP) is 0.361. The van der Waals surface area contributed by atoms with E-state index in [0.29, 0.717) is 16.3 Å². The van der Waals surface area contributed by atoms with Crippen molar-refractivity contribution in [1.29, 1.82) is 5.26 Å². The molecule has 1 aliphatic rings. The van der Waals surface area contributed by atoms with Crippen molar-refractivity contribution in [3.8, 4) is 11.8 Å². The molecule has 0 amide bonds. The average Bonchev–Trinajstić information content (AvgIpc) is 2.69. The molecule has 0 aromatic heterocycles. The maximum absolute atomic E-state index is 12.2. The van der Waals surface area contributed by atoms with Crippen LogP contribution in [0.2, 0.25) is 0 Å². The highest BCUT2D eigenvalue weighted by Crippen LogP contribution is 2.30. The number of benzene rings is 1. The summed E-state index contributed by atoms with van der Waals surface area (Å²) in [7, 11) is -0.626. The van der Waals surface area contributed by atoms with E-state index in [4.69, 9.17) is 15.3 Å². The Kier molecular flexibility index (Phi) is 7.39. The Morgan fingerprint density at radius 1 is 1.44 bits per heavy atom. The maximum Gasteiger partial charge on any atom is 0.352 e. The fourth-order valence-electron chi connectivity index (χ4n) is 2.82. The second-order valence-electron chi connectivity index (χ2n) is 6.82. The number of allylic oxidation sites excluding steroid dienone is 1. The average molecular weight is 466 g/mol. The highest BCUT2D eigenvalue weighted by Gasteiger charge is 2.43. The van der Waals surface area contributed by atoms with Crippen LogP contribution in [0.25, 0.3) is 0 Å². The number of carbonyl (C=O) groups excluding carboxylic acids is 1. The van der Waals surface area contributed by atoms with Gasteiger partial charge in [0.25, 0.3) is 5.88 Å². The highest BCUT2D eigenvalue weighted by atomic mass is 32.2. The summed E-state index contributed by atoms with van der Waals surface area (Å²) in [6.07, 6.45) is 0.177.